The number of hydrogen-bond acceptors (Lipinski definition) is 2. The van der Waals surface area contributed by atoms with Crippen molar-refractivity contribution < 1.29 is 0 Å². The predicted molar refractivity (Wildman–Crippen MR) is 88.2 cm³/mol. The first-order valence-electron chi connectivity index (χ1n) is 7.94. The van der Waals surface area contributed by atoms with E-state index in [1.807, 2.05) is 6.20 Å². The summed E-state index contributed by atoms with van der Waals surface area (Å²) in [6, 6.07) is 9.31. The number of hydrogen-bond donors (Lipinski definition) is 1. The molecule has 0 spiro atoms. The molecular formula is C18H25N3. The van der Waals surface area contributed by atoms with Crippen molar-refractivity contribution in [1.82, 2.24) is 9.55 Å². The molecule has 2 aromatic rings. The highest BCUT2D eigenvalue weighted by Crippen LogP contribution is 2.32. The maximum Gasteiger partial charge on any atom is 0.207 e. The molecule has 1 N–H and O–H groups in total. The topological polar surface area (TPSA) is 29.9 Å². The zero-order valence-corrected chi connectivity index (χ0v) is 13.3. The zero-order valence-electron chi connectivity index (χ0n) is 13.3. The lowest BCUT2D eigenvalue weighted by molar-refractivity contribution is 0.525. The average molecular weight is 283 g/mol. The maximum atomic E-state index is 4.48. The highest BCUT2D eigenvalue weighted by atomic mass is 15.2. The van der Waals surface area contributed by atoms with E-state index in [1.54, 1.807) is 0 Å². The van der Waals surface area contributed by atoms with Crippen molar-refractivity contribution in [3.05, 3.63) is 42.2 Å². The summed E-state index contributed by atoms with van der Waals surface area (Å²) >= 11 is 0. The van der Waals surface area contributed by atoms with Crippen molar-refractivity contribution in [1.29, 1.82) is 0 Å². The second-order valence-electron chi connectivity index (χ2n) is 7.05. The summed E-state index contributed by atoms with van der Waals surface area (Å²) in [4.78, 5) is 4.48. The standard InChI is InChI=1S/C18H25N3/c1-18(2,3)14-8-10-15(11-9-14)20-17-19-12-13-21(17)16-6-4-5-7-16/h8-13,16H,4-7H2,1-3H3,(H,19,20). The number of imidazole rings is 1. The van der Waals surface area contributed by atoms with Crippen LogP contribution in [-0.4, -0.2) is 9.55 Å². The third-order valence-corrected chi connectivity index (χ3v) is 4.39. The van der Waals surface area contributed by atoms with E-state index in [0.29, 0.717) is 6.04 Å². The summed E-state index contributed by atoms with van der Waals surface area (Å²) < 4.78 is 2.30. The highest BCUT2D eigenvalue weighted by Gasteiger charge is 2.19. The Morgan fingerprint density at radius 1 is 1.10 bits per heavy atom. The number of rotatable bonds is 3. The summed E-state index contributed by atoms with van der Waals surface area (Å²) in [7, 11) is 0. The van der Waals surface area contributed by atoms with Crippen molar-refractivity contribution in [2.24, 2.45) is 0 Å². The first-order valence-corrected chi connectivity index (χ1v) is 7.94. The molecule has 3 rings (SSSR count). The van der Waals surface area contributed by atoms with Crippen molar-refractivity contribution in [3.63, 3.8) is 0 Å². The summed E-state index contributed by atoms with van der Waals surface area (Å²) in [5.41, 5.74) is 2.65. The fraction of sp³-hybridized carbons (Fsp3) is 0.500. The number of anilines is 2. The smallest absolute Gasteiger partial charge is 0.207 e. The van der Waals surface area contributed by atoms with E-state index in [0.717, 1.165) is 11.6 Å². The lowest BCUT2D eigenvalue weighted by atomic mass is 9.87. The van der Waals surface area contributed by atoms with Gasteiger partial charge in [-0.1, -0.05) is 45.7 Å². The van der Waals surface area contributed by atoms with E-state index in [4.69, 9.17) is 0 Å². The Morgan fingerprint density at radius 2 is 1.76 bits per heavy atom. The van der Waals surface area contributed by atoms with Crippen LogP contribution in [0.2, 0.25) is 0 Å². The fourth-order valence-corrected chi connectivity index (χ4v) is 3.07. The number of aromatic nitrogens is 2. The van der Waals surface area contributed by atoms with Crippen LogP contribution in [-0.2, 0) is 5.41 Å². The van der Waals surface area contributed by atoms with Crippen molar-refractivity contribution in [2.75, 3.05) is 5.32 Å². The third-order valence-electron chi connectivity index (χ3n) is 4.39. The molecule has 1 fully saturated rings. The van der Waals surface area contributed by atoms with Gasteiger partial charge in [-0.2, -0.15) is 0 Å². The van der Waals surface area contributed by atoms with Gasteiger partial charge in [-0.15, -0.1) is 0 Å². The Morgan fingerprint density at radius 3 is 2.38 bits per heavy atom. The van der Waals surface area contributed by atoms with Crippen LogP contribution in [0.15, 0.2) is 36.7 Å². The van der Waals surface area contributed by atoms with Gasteiger partial charge in [0.1, 0.15) is 0 Å². The minimum absolute atomic E-state index is 0.195. The fourth-order valence-electron chi connectivity index (χ4n) is 3.07. The van der Waals surface area contributed by atoms with Crippen LogP contribution in [0.5, 0.6) is 0 Å². The zero-order chi connectivity index (χ0) is 14.9. The molecule has 3 heteroatoms. The van der Waals surface area contributed by atoms with Gasteiger partial charge < -0.3 is 9.88 Å². The van der Waals surface area contributed by atoms with Crippen molar-refractivity contribution >= 4 is 11.6 Å². The van der Waals surface area contributed by atoms with E-state index < -0.39 is 0 Å². The molecule has 21 heavy (non-hydrogen) atoms. The van der Waals surface area contributed by atoms with Crippen LogP contribution in [0.4, 0.5) is 11.6 Å². The Balaban J connectivity index is 1.76. The van der Waals surface area contributed by atoms with Gasteiger partial charge in [-0.05, 0) is 36.0 Å². The minimum atomic E-state index is 0.195. The van der Waals surface area contributed by atoms with Crippen LogP contribution in [0.25, 0.3) is 0 Å². The van der Waals surface area contributed by atoms with E-state index in [-0.39, 0.29) is 5.41 Å². The molecule has 1 aliphatic rings. The molecule has 0 aliphatic heterocycles. The van der Waals surface area contributed by atoms with Gasteiger partial charge in [0.15, 0.2) is 0 Å². The van der Waals surface area contributed by atoms with Gasteiger partial charge in [-0.3, -0.25) is 0 Å². The number of nitrogens with zero attached hydrogens (tertiary/aromatic N) is 2. The predicted octanol–water partition coefficient (Wildman–Crippen LogP) is 5.04. The molecule has 0 atom stereocenters. The van der Waals surface area contributed by atoms with Crippen molar-refractivity contribution in [3.8, 4) is 0 Å². The van der Waals surface area contributed by atoms with Crippen LogP contribution in [0.1, 0.15) is 58.1 Å². The molecule has 0 unspecified atom stereocenters. The average Bonchev–Trinajstić information content (AvgIpc) is 3.08. The first-order chi connectivity index (χ1) is 10.0. The van der Waals surface area contributed by atoms with Gasteiger partial charge in [0, 0.05) is 24.1 Å². The molecule has 0 amide bonds. The minimum Gasteiger partial charge on any atom is -0.326 e. The molecule has 1 heterocycles. The molecule has 0 radical (unpaired) electrons. The van der Waals surface area contributed by atoms with E-state index >= 15 is 0 Å². The second-order valence-corrected chi connectivity index (χ2v) is 7.05. The molecule has 0 bridgehead atoms. The third kappa shape index (κ3) is 3.12. The molecule has 1 aliphatic carbocycles. The second kappa shape index (κ2) is 5.55. The van der Waals surface area contributed by atoms with Crippen LogP contribution < -0.4 is 5.32 Å². The Kier molecular flexibility index (Phi) is 3.75. The lowest BCUT2D eigenvalue weighted by Crippen LogP contribution is -2.11. The van der Waals surface area contributed by atoms with E-state index in [2.05, 4.69) is 66.1 Å². The quantitative estimate of drug-likeness (QED) is 0.855. The van der Waals surface area contributed by atoms with Gasteiger partial charge >= 0.3 is 0 Å². The summed E-state index contributed by atoms with van der Waals surface area (Å²) in [5, 5.41) is 3.46. The van der Waals surface area contributed by atoms with Crippen molar-refractivity contribution in [2.45, 2.75) is 57.9 Å². The molecule has 3 nitrogen and oxygen atoms in total. The SMILES string of the molecule is CC(C)(C)c1ccc(Nc2nccn2C2CCCC2)cc1. The molecule has 1 saturated carbocycles. The van der Waals surface area contributed by atoms with Crippen LogP contribution >= 0.6 is 0 Å². The van der Waals surface area contributed by atoms with E-state index in [1.165, 1.54) is 31.2 Å². The van der Waals surface area contributed by atoms with Gasteiger partial charge in [0.05, 0.1) is 0 Å². The normalized spacial score (nSPS) is 16.3. The maximum absolute atomic E-state index is 4.48. The summed E-state index contributed by atoms with van der Waals surface area (Å²) in [6.45, 7) is 6.71. The monoisotopic (exact) mass is 283 g/mol. The Labute approximate surface area is 127 Å². The van der Waals surface area contributed by atoms with Crippen LogP contribution in [0.3, 0.4) is 0 Å². The lowest BCUT2D eigenvalue weighted by Gasteiger charge is -2.20. The molecule has 1 aromatic heterocycles. The number of nitrogens with one attached hydrogen (secondary N) is 1. The first kappa shape index (κ1) is 14.2. The summed E-state index contributed by atoms with van der Waals surface area (Å²) in [5.74, 6) is 0.963. The van der Waals surface area contributed by atoms with Gasteiger partial charge in [0.2, 0.25) is 5.95 Å². The Bertz CT molecular complexity index is 584. The van der Waals surface area contributed by atoms with E-state index in [9.17, 15) is 0 Å². The summed E-state index contributed by atoms with van der Waals surface area (Å²) in [6.07, 6.45) is 9.21. The Hall–Kier alpha value is -1.77. The highest BCUT2D eigenvalue weighted by molar-refractivity contribution is 5.54. The molecular weight excluding hydrogens is 258 g/mol. The van der Waals surface area contributed by atoms with Gasteiger partial charge in [-0.25, -0.2) is 4.98 Å². The molecule has 1 aromatic carbocycles. The molecule has 112 valence electrons. The molecule has 0 saturated heterocycles. The van der Waals surface area contributed by atoms with Crippen LogP contribution in [0, 0.1) is 0 Å². The number of benzene rings is 1. The largest absolute Gasteiger partial charge is 0.326 e. The van der Waals surface area contributed by atoms with Gasteiger partial charge in [0.25, 0.3) is 0 Å².